The molecule has 0 aromatic carbocycles. The van der Waals surface area contributed by atoms with Crippen LogP contribution in [-0.2, 0) is 9.53 Å². The van der Waals surface area contributed by atoms with Crippen molar-refractivity contribution in [1.29, 1.82) is 0 Å². The van der Waals surface area contributed by atoms with Gasteiger partial charge in [-0.3, -0.25) is 0 Å². The number of amides is 2. The van der Waals surface area contributed by atoms with Crippen LogP contribution in [0.25, 0.3) is 0 Å². The molecule has 1 saturated heterocycles. The number of thiocarbonyl (C=S) groups is 1. The third-order valence-corrected chi connectivity index (χ3v) is 5.40. The summed E-state index contributed by atoms with van der Waals surface area (Å²) in [5.41, 5.74) is 1.11. The smallest absolute Gasteiger partial charge is 0.337 e. The molecule has 0 aromatic rings. The molecule has 1 fully saturated rings. The molecule has 2 aliphatic rings. The Labute approximate surface area is 146 Å². The number of likely N-dealkylation sites (tertiary alicyclic amines) is 1. The van der Waals surface area contributed by atoms with Gasteiger partial charge in [0.1, 0.15) is 4.32 Å². The number of rotatable bonds is 5. The van der Waals surface area contributed by atoms with E-state index in [4.69, 9.17) is 17.0 Å². The van der Waals surface area contributed by atoms with E-state index in [2.05, 4.69) is 15.5 Å². The van der Waals surface area contributed by atoms with Crippen molar-refractivity contribution in [2.24, 2.45) is 0 Å². The number of thioether (sulfide) groups is 1. The maximum absolute atomic E-state index is 12.3. The zero-order valence-corrected chi connectivity index (χ0v) is 15.1. The molecule has 0 bridgehead atoms. The van der Waals surface area contributed by atoms with E-state index in [0.29, 0.717) is 30.1 Å². The summed E-state index contributed by atoms with van der Waals surface area (Å²) in [7, 11) is 0. The molecule has 2 heterocycles. The van der Waals surface area contributed by atoms with E-state index in [0.717, 1.165) is 30.3 Å². The summed E-state index contributed by atoms with van der Waals surface area (Å²) in [6.07, 6.45) is 2.96. The second-order valence-corrected chi connectivity index (χ2v) is 7.03. The first-order valence-corrected chi connectivity index (χ1v) is 9.35. The zero-order valence-electron chi connectivity index (χ0n) is 13.5. The highest BCUT2D eigenvalue weighted by Gasteiger charge is 2.31. The van der Waals surface area contributed by atoms with Gasteiger partial charge >= 0.3 is 12.0 Å². The fourth-order valence-corrected chi connectivity index (χ4v) is 3.92. The minimum Gasteiger partial charge on any atom is -0.463 e. The number of nitrogens with one attached hydrogen (secondary N) is 2. The van der Waals surface area contributed by atoms with Crippen LogP contribution in [0.3, 0.4) is 0 Å². The Hall–Kier alpha value is -1.28. The molecule has 0 spiro atoms. The van der Waals surface area contributed by atoms with Crippen molar-refractivity contribution >= 4 is 40.3 Å². The van der Waals surface area contributed by atoms with Gasteiger partial charge in [-0.05, 0) is 26.2 Å². The molecule has 2 amide bonds. The first kappa shape index (κ1) is 18.1. The quantitative estimate of drug-likeness (QED) is 0.579. The van der Waals surface area contributed by atoms with Crippen molar-refractivity contribution < 1.29 is 14.3 Å². The van der Waals surface area contributed by atoms with Crippen LogP contribution in [0.15, 0.2) is 11.3 Å². The standard InChI is InChI=1S/C15H23N3O3S2/c1-3-10-12(13(19)21-4-2)11(17-14(20)16-10)9-23-15(22)18-7-5-6-8-18/h10H,3-9H2,1-2H3,(H2,16,17,20)/t10-/m1/s1. The van der Waals surface area contributed by atoms with E-state index in [1.807, 2.05) is 6.92 Å². The average molecular weight is 358 g/mol. The maximum atomic E-state index is 12.3. The van der Waals surface area contributed by atoms with Crippen LogP contribution in [0, 0.1) is 0 Å². The molecular weight excluding hydrogens is 334 g/mol. The first-order valence-electron chi connectivity index (χ1n) is 7.96. The van der Waals surface area contributed by atoms with Crippen LogP contribution < -0.4 is 10.6 Å². The number of ether oxygens (including phenoxy) is 1. The van der Waals surface area contributed by atoms with Crippen LogP contribution in [0.4, 0.5) is 4.79 Å². The van der Waals surface area contributed by atoms with Gasteiger partial charge in [0.15, 0.2) is 0 Å². The summed E-state index contributed by atoms with van der Waals surface area (Å²) in [4.78, 5) is 26.2. The van der Waals surface area contributed by atoms with Crippen molar-refractivity contribution in [2.75, 3.05) is 25.4 Å². The Balaban J connectivity index is 2.12. The van der Waals surface area contributed by atoms with E-state index >= 15 is 0 Å². The fourth-order valence-electron chi connectivity index (χ4n) is 2.70. The zero-order chi connectivity index (χ0) is 16.8. The van der Waals surface area contributed by atoms with E-state index in [1.165, 1.54) is 11.8 Å². The minimum absolute atomic E-state index is 0.285. The monoisotopic (exact) mass is 357 g/mol. The summed E-state index contributed by atoms with van der Waals surface area (Å²) < 4.78 is 5.96. The lowest BCUT2D eigenvalue weighted by Crippen LogP contribution is -2.50. The van der Waals surface area contributed by atoms with Gasteiger partial charge in [-0.1, -0.05) is 30.9 Å². The number of carbonyl (C=O) groups excluding carboxylic acids is 2. The van der Waals surface area contributed by atoms with Gasteiger partial charge in [0, 0.05) is 24.5 Å². The van der Waals surface area contributed by atoms with Gasteiger partial charge < -0.3 is 20.3 Å². The number of nitrogens with zero attached hydrogens (tertiary/aromatic N) is 1. The van der Waals surface area contributed by atoms with Crippen LogP contribution in [0.2, 0.25) is 0 Å². The lowest BCUT2D eigenvalue weighted by atomic mass is 10.0. The van der Waals surface area contributed by atoms with E-state index in [9.17, 15) is 9.59 Å². The second-order valence-electron chi connectivity index (χ2n) is 5.42. The van der Waals surface area contributed by atoms with Crippen molar-refractivity contribution in [2.45, 2.75) is 39.2 Å². The summed E-state index contributed by atoms with van der Waals surface area (Å²) in [5, 5.41) is 5.51. The molecule has 128 valence electrons. The van der Waals surface area contributed by atoms with Crippen molar-refractivity contribution in [3.05, 3.63) is 11.3 Å². The maximum Gasteiger partial charge on any atom is 0.337 e. The largest absolute Gasteiger partial charge is 0.463 e. The van der Waals surface area contributed by atoms with Gasteiger partial charge in [0.25, 0.3) is 0 Å². The number of carbonyl (C=O) groups is 2. The Morgan fingerprint density at radius 1 is 1.39 bits per heavy atom. The van der Waals surface area contributed by atoms with Gasteiger partial charge in [0.05, 0.1) is 18.2 Å². The van der Waals surface area contributed by atoms with Gasteiger partial charge in [-0.25, -0.2) is 9.59 Å². The number of hydrogen-bond acceptors (Lipinski definition) is 5. The van der Waals surface area contributed by atoms with E-state index in [1.54, 1.807) is 6.92 Å². The molecule has 2 aliphatic heterocycles. The van der Waals surface area contributed by atoms with Crippen molar-refractivity contribution in [1.82, 2.24) is 15.5 Å². The van der Waals surface area contributed by atoms with Crippen LogP contribution in [0.1, 0.15) is 33.1 Å². The fraction of sp³-hybridized carbons (Fsp3) is 0.667. The summed E-state index contributed by atoms with van der Waals surface area (Å²) in [5.74, 6) is 0.0856. The number of hydrogen-bond donors (Lipinski definition) is 2. The Kier molecular flexibility index (Phi) is 6.71. The third kappa shape index (κ3) is 4.60. The number of esters is 1. The molecule has 2 rings (SSSR count). The average Bonchev–Trinajstić information content (AvgIpc) is 3.06. The first-order chi connectivity index (χ1) is 11.1. The second kappa shape index (κ2) is 8.54. The predicted octanol–water partition coefficient (Wildman–Crippen LogP) is 2.01. The molecule has 6 nitrogen and oxygen atoms in total. The summed E-state index contributed by atoms with van der Waals surface area (Å²) in [6.45, 7) is 5.97. The third-order valence-electron chi connectivity index (χ3n) is 3.85. The van der Waals surface area contributed by atoms with Crippen LogP contribution in [0.5, 0.6) is 0 Å². The highest BCUT2D eigenvalue weighted by Crippen LogP contribution is 2.23. The predicted molar refractivity (Wildman–Crippen MR) is 95.3 cm³/mol. The van der Waals surface area contributed by atoms with E-state index < -0.39 is 0 Å². The molecule has 0 radical (unpaired) electrons. The lowest BCUT2D eigenvalue weighted by molar-refractivity contribution is -0.139. The summed E-state index contributed by atoms with van der Waals surface area (Å²) >= 11 is 6.93. The molecule has 0 saturated carbocycles. The molecule has 0 unspecified atom stereocenters. The lowest BCUT2D eigenvalue weighted by Gasteiger charge is -2.28. The van der Waals surface area contributed by atoms with Crippen molar-refractivity contribution in [3.63, 3.8) is 0 Å². The molecule has 23 heavy (non-hydrogen) atoms. The summed E-state index contributed by atoms with van der Waals surface area (Å²) in [6, 6.07) is -0.605. The molecular formula is C15H23N3O3S2. The SMILES string of the molecule is CCOC(=O)C1=C(CSC(=S)N2CCCC2)NC(=O)N[C@@H]1CC. The van der Waals surface area contributed by atoms with Crippen LogP contribution >= 0.6 is 24.0 Å². The van der Waals surface area contributed by atoms with Crippen molar-refractivity contribution in [3.8, 4) is 0 Å². The molecule has 1 atom stereocenters. The van der Waals surface area contributed by atoms with Gasteiger partial charge in [-0.15, -0.1) is 0 Å². The minimum atomic E-state index is -0.380. The van der Waals surface area contributed by atoms with Gasteiger partial charge in [-0.2, -0.15) is 0 Å². The molecule has 2 N–H and O–H groups in total. The molecule has 0 aliphatic carbocycles. The molecule has 8 heteroatoms. The Morgan fingerprint density at radius 2 is 2.09 bits per heavy atom. The molecule has 0 aromatic heterocycles. The topological polar surface area (TPSA) is 70.7 Å². The highest BCUT2D eigenvalue weighted by atomic mass is 32.2. The van der Waals surface area contributed by atoms with Gasteiger partial charge in [0.2, 0.25) is 0 Å². The normalized spacial score (nSPS) is 21.0. The Bertz CT molecular complexity index is 516. The van der Waals surface area contributed by atoms with E-state index in [-0.39, 0.29) is 18.0 Å². The number of urea groups is 1. The van der Waals surface area contributed by atoms with Crippen LogP contribution in [-0.4, -0.2) is 52.7 Å². The highest BCUT2D eigenvalue weighted by molar-refractivity contribution is 8.23. The Morgan fingerprint density at radius 3 is 2.70 bits per heavy atom.